The van der Waals surface area contributed by atoms with Crippen LogP contribution in [0, 0.1) is 0 Å². The second kappa shape index (κ2) is 24.8. The quantitative estimate of drug-likeness (QED) is 0.127. The average molecular weight is 1060 g/mol. The van der Waals surface area contributed by atoms with E-state index in [1.54, 1.807) is 134 Å². The molecule has 2 aliphatic heterocycles. The van der Waals surface area contributed by atoms with E-state index in [0.717, 1.165) is 0 Å². The molecule has 4 rings (SSSR count). The molecule has 1 aromatic carbocycles. The van der Waals surface area contributed by atoms with Gasteiger partial charge in [0.1, 0.15) is 101 Å². The molecule has 25 heteroatoms. The van der Waals surface area contributed by atoms with Crippen LogP contribution in [0.25, 0.3) is 0 Å². The predicted molar refractivity (Wildman–Crippen MR) is 261 cm³/mol. The number of carbonyl (C=O) groups excluding carboxylic acids is 5. The standard InChI is InChI=1S/C49H81N5O20/c1-45(2,3)70-40(60)50-22-27-32(56)33(57)30(54-44(64)74-49(13,14)15)38(66-27)68-36-25(51-41(61)71-46(4,5)6)21-26(52-42(62)72-47(7,8)9)37(35(36)59)69-39-34(58)29(53-43(63)73-48(10,11)12)31(55)28(67-39)23-65-24-19-17-16-18-20-24/h16-20,25-39,55-59H,21-23H2,1-15H3,(H,50,60)(H,51,61)(H,52,62)(H,53,63)(H,54,64). The molecule has 25 nitrogen and oxygen atoms in total. The SMILES string of the molecule is CC(C)(C)OC(=O)NCC1OC(OC2C(NC(=O)OC(C)(C)C)CC(NC(=O)OC(C)(C)C)C(OC3OC(COc4ccccc4)C(O)C(NC(=O)OC(C)(C)C)C3O)C2O)C(NC(=O)OC(C)(C)C)C(O)C1O. The summed E-state index contributed by atoms with van der Waals surface area (Å²) in [6.07, 6.45) is -24.8. The number of carbonyl (C=O) groups is 5. The van der Waals surface area contributed by atoms with Gasteiger partial charge in [-0.15, -0.1) is 0 Å². The number of hydrogen-bond acceptors (Lipinski definition) is 20. The molecule has 2 saturated heterocycles. The highest BCUT2D eigenvalue weighted by atomic mass is 16.7. The van der Waals surface area contributed by atoms with Gasteiger partial charge < -0.3 is 99.5 Å². The summed E-state index contributed by atoms with van der Waals surface area (Å²) in [4.78, 5) is 66.5. The molecule has 1 aliphatic carbocycles. The second-order valence-electron chi connectivity index (χ2n) is 23.3. The number of amides is 5. The van der Waals surface area contributed by atoms with Gasteiger partial charge in [-0.2, -0.15) is 0 Å². The Kier molecular flexibility index (Phi) is 20.6. The lowest BCUT2D eigenvalue weighted by Gasteiger charge is -2.50. The molecule has 2 heterocycles. The van der Waals surface area contributed by atoms with Crippen molar-refractivity contribution in [1.82, 2.24) is 26.6 Å². The van der Waals surface area contributed by atoms with E-state index >= 15 is 0 Å². The van der Waals surface area contributed by atoms with Crippen molar-refractivity contribution in [2.75, 3.05) is 13.2 Å². The van der Waals surface area contributed by atoms with Crippen LogP contribution in [0.2, 0.25) is 0 Å². The maximum atomic E-state index is 13.6. The molecule has 0 aromatic heterocycles. The zero-order valence-corrected chi connectivity index (χ0v) is 45.0. The van der Waals surface area contributed by atoms with Gasteiger partial charge in [-0.05, 0) is 122 Å². The van der Waals surface area contributed by atoms with E-state index in [0.29, 0.717) is 5.75 Å². The first-order valence-electron chi connectivity index (χ1n) is 24.5. The van der Waals surface area contributed by atoms with E-state index in [1.165, 1.54) is 0 Å². The molecule has 10 N–H and O–H groups in total. The third kappa shape index (κ3) is 19.6. The van der Waals surface area contributed by atoms with Crippen LogP contribution in [0.3, 0.4) is 0 Å². The number of ether oxygens (including phenoxy) is 10. The molecular weight excluding hydrogens is 979 g/mol. The van der Waals surface area contributed by atoms with Crippen LogP contribution >= 0.6 is 0 Å². The second-order valence-corrected chi connectivity index (χ2v) is 23.3. The summed E-state index contributed by atoms with van der Waals surface area (Å²) in [6.45, 7) is 23.2. The summed E-state index contributed by atoms with van der Waals surface area (Å²) in [5.74, 6) is 0.376. The minimum atomic E-state index is -2.05. The molecule has 0 spiro atoms. The number of alkyl carbamates (subject to hydrolysis) is 5. The lowest BCUT2D eigenvalue weighted by molar-refractivity contribution is -0.322. The Hall–Kier alpha value is -4.99. The number of hydrogen-bond donors (Lipinski definition) is 10. The molecular formula is C49H81N5O20. The third-order valence-electron chi connectivity index (χ3n) is 10.7. The summed E-state index contributed by atoms with van der Waals surface area (Å²) in [5, 5.41) is 72.1. The van der Waals surface area contributed by atoms with Gasteiger partial charge in [-0.1, -0.05) is 18.2 Å². The Labute approximate surface area is 432 Å². The maximum Gasteiger partial charge on any atom is 0.408 e. The fraction of sp³-hybridized carbons (Fsp3) is 0.776. The van der Waals surface area contributed by atoms with Gasteiger partial charge in [0.15, 0.2) is 12.6 Å². The summed E-state index contributed by atoms with van der Waals surface area (Å²) in [6, 6.07) is 2.43. The topological polar surface area (TPSA) is 339 Å². The van der Waals surface area contributed by atoms with Crippen molar-refractivity contribution in [3.05, 3.63) is 30.3 Å². The van der Waals surface area contributed by atoms with E-state index in [-0.39, 0.29) is 13.0 Å². The monoisotopic (exact) mass is 1060 g/mol. The van der Waals surface area contributed by atoms with Crippen molar-refractivity contribution in [3.8, 4) is 5.75 Å². The highest BCUT2D eigenvalue weighted by molar-refractivity contribution is 5.70. The van der Waals surface area contributed by atoms with Gasteiger partial charge in [0.2, 0.25) is 0 Å². The van der Waals surface area contributed by atoms with E-state index in [2.05, 4.69) is 26.6 Å². The third-order valence-corrected chi connectivity index (χ3v) is 10.7. The van der Waals surface area contributed by atoms with Crippen LogP contribution in [-0.4, -0.2) is 189 Å². The van der Waals surface area contributed by atoms with Gasteiger partial charge in [0.05, 0.1) is 18.1 Å². The highest BCUT2D eigenvalue weighted by Gasteiger charge is 2.55. The summed E-state index contributed by atoms with van der Waals surface area (Å²) < 4.78 is 58.6. The predicted octanol–water partition coefficient (Wildman–Crippen LogP) is 2.59. The Balaban J connectivity index is 1.83. The number of nitrogens with one attached hydrogen (secondary N) is 5. The van der Waals surface area contributed by atoms with Crippen molar-refractivity contribution < 1.29 is 96.9 Å². The molecule has 15 unspecified atom stereocenters. The smallest absolute Gasteiger partial charge is 0.408 e. The Bertz CT molecular complexity index is 2010. The Morgan fingerprint density at radius 2 is 0.892 bits per heavy atom. The molecule has 15 atom stereocenters. The molecule has 0 bridgehead atoms. The minimum absolute atomic E-state index is 0.367. The normalized spacial score (nSPS) is 30.9. The highest BCUT2D eigenvalue weighted by Crippen LogP contribution is 2.34. The lowest BCUT2D eigenvalue weighted by Crippen LogP contribution is -2.71. The molecule has 1 saturated carbocycles. The molecule has 1 aromatic rings. The minimum Gasteiger partial charge on any atom is -0.491 e. The van der Waals surface area contributed by atoms with Gasteiger partial charge in [0.25, 0.3) is 0 Å². The van der Waals surface area contributed by atoms with Crippen LogP contribution in [-0.2, 0) is 42.6 Å². The molecule has 3 fully saturated rings. The maximum absolute atomic E-state index is 13.6. The zero-order chi connectivity index (χ0) is 55.9. The van der Waals surface area contributed by atoms with Crippen molar-refractivity contribution in [1.29, 1.82) is 0 Å². The van der Waals surface area contributed by atoms with Gasteiger partial charge in [-0.25, -0.2) is 24.0 Å². The van der Waals surface area contributed by atoms with Gasteiger partial charge >= 0.3 is 30.5 Å². The molecule has 74 heavy (non-hydrogen) atoms. The van der Waals surface area contributed by atoms with Crippen molar-refractivity contribution in [2.45, 2.75) is 230 Å². The molecule has 422 valence electrons. The van der Waals surface area contributed by atoms with E-state index in [9.17, 15) is 49.5 Å². The zero-order valence-electron chi connectivity index (χ0n) is 45.0. The van der Waals surface area contributed by atoms with Crippen LogP contribution < -0.4 is 31.3 Å². The number of para-hydroxylation sites is 1. The van der Waals surface area contributed by atoms with Gasteiger partial charge in [0, 0.05) is 6.54 Å². The van der Waals surface area contributed by atoms with Gasteiger partial charge in [-0.3, -0.25) is 0 Å². The molecule has 5 amide bonds. The Morgan fingerprint density at radius 1 is 0.486 bits per heavy atom. The number of rotatable bonds is 13. The van der Waals surface area contributed by atoms with Crippen LogP contribution in [0.5, 0.6) is 5.75 Å². The Morgan fingerprint density at radius 3 is 1.35 bits per heavy atom. The van der Waals surface area contributed by atoms with Crippen molar-refractivity contribution >= 4 is 30.5 Å². The van der Waals surface area contributed by atoms with Crippen LogP contribution in [0.15, 0.2) is 30.3 Å². The average Bonchev–Trinajstić information content (AvgIpc) is 3.21. The first-order valence-corrected chi connectivity index (χ1v) is 24.5. The summed E-state index contributed by atoms with van der Waals surface area (Å²) in [5.41, 5.74) is -5.09. The van der Waals surface area contributed by atoms with Crippen LogP contribution in [0.4, 0.5) is 24.0 Å². The van der Waals surface area contributed by atoms with Crippen LogP contribution in [0.1, 0.15) is 110 Å². The van der Waals surface area contributed by atoms with Crippen molar-refractivity contribution in [3.63, 3.8) is 0 Å². The fourth-order valence-corrected chi connectivity index (χ4v) is 7.87. The fourth-order valence-electron chi connectivity index (χ4n) is 7.87. The van der Waals surface area contributed by atoms with E-state index in [1.807, 2.05) is 0 Å². The first-order chi connectivity index (χ1) is 33.9. The lowest BCUT2D eigenvalue weighted by atomic mass is 9.83. The number of benzene rings is 1. The number of aliphatic hydroxyl groups is 5. The van der Waals surface area contributed by atoms with Crippen molar-refractivity contribution in [2.24, 2.45) is 0 Å². The van der Waals surface area contributed by atoms with E-state index < -0.39 is 157 Å². The first kappa shape index (κ1) is 61.6. The summed E-state index contributed by atoms with van der Waals surface area (Å²) >= 11 is 0. The summed E-state index contributed by atoms with van der Waals surface area (Å²) in [7, 11) is 0. The largest absolute Gasteiger partial charge is 0.491 e. The number of aliphatic hydroxyl groups excluding tert-OH is 5. The van der Waals surface area contributed by atoms with E-state index in [4.69, 9.17) is 47.4 Å². The molecule has 0 radical (unpaired) electrons. The molecule has 3 aliphatic rings.